The van der Waals surface area contributed by atoms with Crippen LogP contribution >= 0.6 is 15.9 Å². The highest BCUT2D eigenvalue weighted by Gasteiger charge is 2.74. The van der Waals surface area contributed by atoms with Crippen molar-refractivity contribution in [2.24, 2.45) is 23.0 Å². The lowest BCUT2D eigenvalue weighted by Crippen LogP contribution is -2.76. The predicted molar refractivity (Wildman–Crippen MR) is 145 cm³/mol. The maximum Gasteiger partial charge on any atom is 0.253 e. The van der Waals surface area contributed by atoms with Crippen molar-refractivity contribution in [3.63, 3.8) is 0 Å². The first-order valence-electron chi connectivity index (χ1n) is 12.5. The number of aliphatic hydroxyl groups is 2. The van der Waals surface area contributed by atoms with Crippen LogP contribution in [0.3, 0.4) is 0 Å². The molecule has 39 heavy (non-hydrogen) atoms. The lowest BCUT2D eigenvalue weighted by molar-refractivity contribution is -0.198. The summed E-state index contributed by atoms with van der Waals surface area (Å²) >= 11 is 3.28. The lowest BCUT2D eigenvalue weighted by Gasteiger charge is -2.60. The Labute approximate surface area is 233 Å². The summed E-state index contributed by atoms with van der Waals surface area (Å²) in [7, 11) is 3.22. The van der Waals surface area contributed by atoms with E-state index in [0.29, 0.717) is 16.7 Å². The van der Waals surface area contributed by atoms with Gasteiger partial charge in [-0.1, -0.05) is 72.2 Å². The zero-order chi connectivity index (χ0) is 28.8. The lowest BCUT2D eigenvalue weighted by atomic mass is 9.45. The second-order valence-electron chi connectivity index (χ2n) is 11.1. The first kappa shape index (κ1) is 27.4. The number of phenols is 1. The number of hydrogen-bond acceptors (Lipinski definition) is 8. The van der Waals surface area contributed by atoms with Crippen LogP contribution in [-0.4, -0.2) is 75.3 Å². The van der Waals surface area contributed by atoms with Gasteiger partial charge in [0.15, 0.2) is 17.2 Å². The van der Waals surface area contributed by atoms with Gasteiger partial charge in [-0.2, -0.15) is 0 Å². The first-order valence-corrected chi connectivity index (χ1v) is 13.3. The van der Waals surface area contributed by atoms with Crippen molar-refractivity contribution < 1.29 is 34.5 Å². The number of halogens is 1. The van der Waals surface area contributed by atoms with E-state index >= 15 is 0 Å². The van der Waals surface area contributed by atoms with E-state index in [9.17, 15) is 34.5 Å². The van der Waals surface area contributed by atoms with E-state index in [0.717, 1.165) is 0 Å². The van der Waals surface area contributed by atoms with Crippen LogP contribution in [0.4, 0.5) is 0 Å². The number of phenolic OH excluding ortho intramolecular Hbond substituents is 1. The highest BCUT2D eigenvalue weighted by Crippen LogP contribution is 2.61. The minimum atomic E-state index is -2.90. The molecule has 2 aromatic carbocycles. The molecular weight excluding hydrogens is 568 g/mol. The molecule has 204 valence electrons. The summed E-state index contributed by atoms with van der Waals surface area (Å²) in [6, 6.07) is 11.3. The summed E-state index contributed by atoms with van der Waals surface area (Å²) in [6.07, 6.45) is -1.55. The van der Waals surface area contributed by atoms with Crippen molar-refractivity contribution in [2.45, 2.75) is 37.5 Å². The van der Waals surface area contributed by atoms with Crippen molar-refractivity contribution in [3.8, 4) is 16.9 Å². The number of ketones is 3. The molecule has 7 atom stereocenters. The standard InChI is InChI=1S/C29H29BrN2O7/c1-12-14-10-11-15(13-8-6-5-7-9-13)22(33)16(14)23(34)19-26(37)29(39)18(25(36)28(12,19)2)21(32(3)4)20(30)17(24(29)35)27(31)38/h5-12,18-19,21,25,33,36,39H,1-4H3,(H2,31,38)/t12-,18+,19?,21-,25+,28+,29+/m1/s1. The van der Waals surface area contributed by atoms with Gasteiger partial charge in [-0.3, -0.25) is 19.2 Å². The molecule has 0 spiro atoms. The highest BCUT2D eigenvalue weighted by molar-refractivity contribution is 9.11. The third kappa shape index (κ3) is 3.35. The van der Waals surface area contributed by atoms with E-state index in [2.05, 4.69) is 15.9 Å². The number of rotatable bonds is 3. The van der Waals surface area contributed by atoms with Gasteiger partial charge >= 0.3 is 0 Å². The Morgan fingerprint density at radius 1 is 1.08 bits per heavy atom. The maximum atomic E-state index is 14.3. The van der Waals surface area contributed by atoms with Gasteiger partial charge in [-0.25, -0.2) is 0 Å². The molecule has 5 N–H and O–H groups in total. The SMILES string of the molecule is C[C@@H]1c2ccc(-c3ccccc3)c(O)c2C(=O)C2C(=O)[C@@]3(O)C(=O)C(C(N)=O)=C(Br)[C@H](N(C)C)[C@H]3[C@H](O)[C@]21C. The molecule has 1 fully saturated rings. The molecule has 1 unspecified atom stereocenters. The molecule has 3 aliphatic rings. The number of amides is 1. The van der Waals surface area contributed by atoms with E-state index < -0.39 is 69.7 Å². The minimum absolute atomic E-state index is 0.0499. The Morgan fingerprint density at radius 2 is 1.69 bits per heavy atom. The van der Waals surface area contributed by atoms with E-state index in [4.69, 9.17) is 5.73 Å². The van der Waals surface area contributed by atoms with Gasteiger partial charge in [0.2, 0.25) is 5.78 Å². The van der Waals surface area contributed by atoms with Gasteiger partial charge < -0.3 is 26.0 Å². The van der Waals surface area contributed by atoms with Crippen LogP contribution in [0.2, 0.25) is 0 Å². The number of nitrogens with two attached hydrogens (primary N) is 1. The van der Waals surface area contributed by atoms with Crippen LogP contribution in [0.5, 0.6) is 5.75 Å². The zero-order valence-electron chi connectivity index (χ0n) is 21.8. The number of likely N-dealkylation sites (N-methyl/N-ethyl adjacent to an activating group) is 1. The monoisotopic (exact) mass is 596 g/mol. The van der Waals surface area contributed by atoms with Gasteiger partial charge in [0.1, 0.15) is 5.75 Å². The first-order chi connectivity index (χ1) is 18.2. The molecule has 0 radical (unpaired) electrons. The Balaban J connectivity index is 1.76. The van der Waals surface area contributed by atoms with E-state index in [-0.39, 0.29) is 15.8 Å². The molecule has 0 heterocycles. The summed E-state index contributed by atoms with van der Waals surface area (Å²) in [6.45, 7) is 3.34. The topological polar surface area (TPSA) is 158 Å². The van der Waals surface area contributed by atoms with Gasteiger partial charge in [0, 0.05) is 21.4 Å². The Morgan fingerprint density at radius 3 is 2.26 bits per heavy atom. The molecule has 10 heteroatoms. The smallest absolute Gasteiger partial charge is 0.253 e. The zero-order valence-corrected chi connectivity index (χ0v) is 23.4. The molecule has 9 nitrogen and oxygen atoms in total. The normalized spacial score (nSPS) is 34.1. The van der Waals surface area contributed by atoms with Gasteiger partial charge in [-0.05, 0) is 31.1 Å². The summed E-state index contributed by atoms with van der Waals surface area (Å²) in [5.41, 5.74) is 1.92. The fourth-order valence-electron chi connectivity index (χ4n) is 6.96. The van der Waals surface area contributed by atoms with Crippen LogP contribution in [0.25, 0.3) is 11.1 Å². The largest absolute Gasteiger partial charge is 0.507 e. The number of carbonyl (C=O) groups is 4. The fraction of sp³-hybridized carbons (Fsp3) is 0.379. The predicted octanol–water partition coefficient (Wildman–Crippen LogP) is 1.92. The van der Waals surface area contributed by atoms with E-state index in [1.807, 2.05) is 6.07 Å². The Hall–Kier alpha value is -3.18. The molecular formula is C29H29BrN2O7. The van der Waals surface area contributed by atoms with Crippen LogP contribution < -0.4 is 5.73 Å². The number of hydrogen-bond donors (Lipinski definition) is 4. The van der Waals surface area contributed by atoms with Crippen molar-refractivity contribution in [1.29, 1.82) is 0 Å². The average molecular weight is 597 g/mol. The number of carbonyl (C=O) groups excluding carboxylic acids is 4. The molecule has 0 aromatic heterocycles. The highest BCUT2D eigenvalue weighted by atomic mass is 79.9. The fourth-order valence-corrected chi connectivity index (χ4v) is 8.03. The van der Waals surface area contributed by atoms with E-state index in [1.54, 1.807) is 69.2 Å². The third-order valence-electron chi connectivity index (χ3n) is 9.14. The molecule has 5 rings (SSSR count). The summed E-state index contributed by atoms with van der Waals surface area (Å²) in [4.78, 5) is 55.9. The molecule has 0 bridgehead atoms. The summed E-state index contributed by atoms with van der Waals surface area (Å²) < 4.78 is 0.0499. The quantitative estimate of drug-likeness (QED) is 0.309. The third-order valence-corrected chi connectivity index (χ3v) is 10.0. The minimum Gasteiger partial charge on any atom is -0.507 e. The van der Waals surface area contributed by atoms with Crippen molar-refractivity contribution in [2.75, 3.05) is 14.1 Å². The molecule has 0 aliphatic heterocycles. The van der Waals surface area contributed by atoms with E-state index in [1.165, 1.54) is 0 Å². The van der Waals surface area contributed by atoms with Crippen LogP contribution in [0.15, 0.2) is 52.5 Å². The molecule has 2 aromatic rings. The molecule has 1 amide bonds. The molecule has 1 saturated carbocycles. The van der Waals surface area contributed by atoms with Gasteiger partial charge in [-0.15, -0.1) is 0 Å². The number of Topliss-reactive ketones (excluding diaryl/α,β-unsaturated/α-hetero) is 3. The van der Waals surface area contributed by atoms with Crippen molar-refractivity contribution >= 4 is 39.2 Å². The number of primary amides is 1. The maximum absolute atomic E-state index is 14.3. The summed E-state index contributed by atoms with van der Waals surface area (Å²) in [5.74, 6) is -8.40. The number of aliphatic hydroxyl groups excluding tert-OH is 1. The molecule has 0 saturated heterocycles. The van der Waals surface area contributed by atoms with Gasteiger partial charge in [0.05, 0.1) is 29.2 Å². The number of aromatic hydroxyl groups is 1. The van der Waals surface area contributed by atoms with Crippen molar-refractivity contribution in [1.82, 2.24) is 4.90 Å². The number of fused-ring (bicyclic) bond motifs is 3. The summed E-state index contributed by atoms with van der Waals surface area (Å²) in [5, 5.41) is 35.2. The van der Waals surface area contributed by atoms with Crippen LogP contribution in [0, 0.1) is 17.3 Å². The van der Waals surface area contributed by atoms with Crippen molar-refractivity contribution in [3.05, 3.63) is 63.6 Å². The Kier molecular flexibility index (Phi) is 6.26. The van der Waals surface area contributed by atoms with Crippen LogP contribution in [0.1, 0.15) is 35.7 Å². The number of benzene rings is 2. The second-order valence-corrected chi connectivity index (χ2v) is 12.0. The Bertz CT molecular complexity index is 1490. The van der Waals surface area contributed by atoms with Crippen LogP contribution in [-0.2, 0) is 14.4 Å². The number of nitrogens with zero attached hydrogens (tertiary/aromatic N) is 1. The molecule has 3 aliphatic carbocycles. The second kappa shape index (κ2) is 8.92. The average Bonchev–Trinajstić information content (AvgIpc) is 2.88. The van der Waals surface area contributed by atoms with Gasteiger partial charge in [0.25, 0.3) is 5.91 Å².